The van der Waals surface area contributed by atoms with Gasteiger partial charge in [-0.3, -0.25) is 0 Å². The molecule has 4 rings (SSSR count). The molecule has 25 heavy (non-hydrogen) atoms. The molecule has 3 aromatic rings. The van der Waals surface area contributed by atoms with Gasteiger partial charge in [-0.25, -0.2) is 0 Å². The molecular weight excluding hydrogens is 306 g/mol. The van der Waals surface area contributed by atoms with E-state index in [0.29, 0.717) is 19.1 Å². The van der Waals surface area contributed by atoms with Crippen molar-refractivity contribution in [1.29, 1.82) is 0 Å². The number of ether oxygens (including phenoxy) is 1. The van der Waals surface area contributed by atoms with Gasteiger partial charge in [0.1, 0.15) is 12.4 Å². The molecule has 0 aromatic heterocycles. The minimum absolute atomic E-state index is 0.371. The van der Waals surface area contributed by atoms with E-state index in [1.807, 2.05) is 18.2 Å². The Morgan fingerprint density at radius 3 is 2.56 bits per heavy atom. The normalized spacial score (nSPS) is 14.9. The summed E-state index contributed by atoms with van der Waals surface area (Å²) in [7, 11) is 0. The van der Waals surface area contributed by atoms with Gasteiger partial charge in [0.15, 0.2) is 0 Å². The molecule has 0 bridgehead atoms. The van der Waals surface area contributed by atoms with Crippen LogP contribution in [0.1, 0.15) is 34.6 Å². The summed E-state index contributed by atoms with van der Waals surface area (Å²) in [6, 6.07) is 23.4. The zero-order valence-corrected chi connectivity index (χ0v) is 14.5. The van der Waals surface area contributed by atoms with E-state index in [1.165, 1.54) is 33.4 Å². The zero-order chi connectivity index (χ0) is 17.2. The van der Waals surface area contributed by atoms with Crippen molar-refractivity contribution in [2.75, 3.05) is 6.54 Å². The lowest BCUT2D eigenvalue weighted by Gasteiger charge is -2.14. The van der Waals surface area contributed by atoms with E-state index in [4.69, 9.17) is 10.5 Å². The highest BCUT2D eigenvalue weighted by Gasteiger charge is 2.29. The van der Waals surface area contributed by atoms with Crippen molar-refractivity contribution in [1.82, 2.24) is 0 Å². The SMILES string of the molecule is Cc1cccc2c1-c1ccc(OCc3ccccc3)cc1C2CCN. The molecule has 0 spiro atoms. The lowest BCUT2D eigenvalue weighted by Crippen LogP contribution is -2.06. The average Bonchev–Trinajstić information content (AvgIpc) is 2.96. The molecule has 2 heteroatoms. The number of rotatable bonds is 5. The van der Waals surface area contributed by atoms with Crippen LogP contribution in [0.2, 0.25) is 0 Å². The van der Waals surface area contributed by atoms with E-state index >= 15 is 0 Å². The lowest BCUT2D eigenvalue weighted by molar-refractivity contribution is 0.306. The lowest BCUT2D eigenvalue weighted by atomic mass is 9.93. The largest absolute Gasteiger partial charge is 0.489 e. The molecule has 1 unspecified atom stereocenters. The zero-order valence-electron chi connectivity index (χ0n) is 14.5. The van der Waals surface area contributed by atoms with Crippen molar-refractivity contribution in [3.63, 3.8) is 0 Å². The molecule has 1 aliphatic rings. The van der Waals surface area contributed by atoms with Crippen molar-refractivity contribution in [2.24, 2.45) is 5.73 Å². The molecule has 0 saturated carbocycles. The Hall–Kier alpha value is -2.58. The molecule has 0 heterocycles. The van der Waals surface area contributed by atoms with Gasteiger partial charge in [-0.1, -0.05) is 54.6 Å². The van der Waals surface area contributed by atoms with E-state index in [0.717, 1.165) is 12.2 Å². The topological polar surface area (TPSA) is 35.2 Å². The van der Waals surface area contributed by atoms with E-state index in [9.17, 15) is 0 Å². The number of nitrogens with two attached hydrogens (primary N) is 1. The molecule has 126 valence electrons. The van der Waals surface area contributed by atoms with Crippen LogP contribution in [0.3, 0.4) is 0 Å². The molecule has 1 aliphatic carbocycles. The number of hydrogen-bond donors (Lipinski definition) is 1. The second-order valence-electron chi connectivity index (χ2n) is 6.69. The van der Waals surface area contributed by atoms with Crippen LogP contribution in [0.15, 0.2) is 66.7 Å². The number of hydrogen-bond acceptors (Lipinski definition) is 2. The highest BCUT2D eigenvalue weighted by atomic mass is 16.5. The first-order valence-electron chi connectivity index (χ1n) is 8.88. The first-order chi connectivity index (χ1) is 12.3. The second kappa shape index (κ2) is 6.73. The maximum Gasteiger partial charge on any atom is 0.120 e. The van der Waals surface area contributed by atoms with Gasteiger partial charge in [0.05, 0.1) is 0 Å². The van der Waals surface area contributed by atoms with Crippen molar-refractivity contribution >= 4 is 0 Å². The average molecular weight is 329 g/mol. The maximum absolute atomic E-state index is 6.04. The van der Waals surface area contributed by atoms with Gasteiger partial charge in [-0.2, -0.15) is 0 Å². The van der Waals surface area contributed by atoms with Crippen LogP contribution in [-0.2, 0) is 6.61 Å². The van der Waals surface area contributed by atoms with Crippen LogP contribution in [0.4, 0.5) is 0 Å². The Bertz CT molecular complexity index is 886. The number of fused-ring (bicyclic) bond motifs is 3. The van der Waals surface area contributed by atoms with Gasteiger partial charge in [0, 0.05) is 5.92 Å². The maximum atomic E-state index is 6.04. The second-order valence-corrected chi connectivity index (χ2v) is 6.69. The molecule has 0 saturated heterocycles. The summed E-state index contributed by atoms with van der Waals surface area (Å²) in [5, 5.41) is 0. The monoisotopic (exact) mass is 329 g/mol. The molecule has 1 atom stereocenters. The Balaban J connectivity index is 1.67. The fourth-order valence-corrected chi connectivity index (χ4v) is 3.88. The molecule has 0 amide bonds. The molecule has 0 aliphatic heterocycles. The fourth-order valence-electron chi connectivity index (χ4n) is 3.88. The Morgan fingerprint density at radius 1 is 0.920 bits per heavy atom. The van der Waals surface area contributed by atoms with Crippen molar-refractivity contribution < 1.29 is 4.74 Å². The summed E-state index contributed by atoms with van der Waals surface area (Å²) < 4.78 is 6.04. The molecule has 2 N–H and O–H groups in total. The smallest absolute Gasteiger partial charge is 0.120 e. The predicted molar refractivity (Wildman–Crippen MR) is 103 cm³/mol. The summed E-state index contributed by atoms with van der Waals surface area (Å²) in [5.41, 5.74) is 13.9. The first kappa shape index (κ1) is 15.9. The highest BCUT2D eigenvalue weighted by molar-refractivity contribution is 5.81. The van der Waals surface area contributed by atoms with Gasteiger partial charge in [0.2, 0.25) is 0 Å². The minimum Gasteiger partial charge on any atom is -0.489 e. The molecule has 0 radical (unpaired) electrons. The molecular formula is C23H23NO. The van der Waals surface area contributed by atoms with Gasteiger partial charge < -0.3 is 10.5 Å². The minimum atomic E-state index is 0.371. The van der Waals surface area contributed by atoms with Crippen LogP contribution in [-0.4, -0.2) is 6.54 Å². The van der Waals surface area contributed by atoms with Gasteiger partial charge >= 0.3 is 0 Å². The van der Waals surface area contributed by atoms with Gasteiger partial charge in [-0.05, 0) is 65.4 Å². The molecule has 2 nitrogen and oxygen atoms in total. The summed E-state index contributed by atoms with van der Waals surface area (Å²) in [5.74, 6) is 1.30. The van der Waals surface area contributed by atoms with Gasteiger partial charge in [0.25, 0.3) is 0 Å². The van der Waals surface area contributed by atoms with E-state index in [-0.39, 0.29) is 0 Å². The van der Waals surface area contributed by atoms with E-state index in [2.05, 4.69) is 55.5 Å². The molecule has 3 aromatic carbocycles. The summed E-state index contributed by atoms with van der Waals surface area (Å²) >= 11 is 0. The van der Waals surface area contributed by atoms with Crippen molar-refractivity contribution in [2.45, 2.75) is 25.9 Å². The quantitative estimate of drug-likeness (QED) is 0.712. The Labute approximate surface area is 149 Å². The van der Waals surface area contributed by atoms with Crippen LogP contribution in [0, 0.1) is 6.92 Å². The third kappa shape index (κ3) is 2.94. The summed E-state index contributed by atoms with van der Waals surface area (Å²) in [6.45, 7) is 3.47. The van der Waals surface area contributed by atoms with Crippen LogP contribution >= 0.6 is 0 Å². The highest BCUT2D eigenvalue weighted by Crippen LogP contribution is 2.48. The van der Waals surface area contributed by atoms with Crippen molar-refractivity contribution in [3.8, 4) is 16.9 Å². The summed E-state index contributed by atoms with van der Waals surface area (Å²) in [4.78, 5) is 0. The molecule has 0 fully saturated rings. The standard InChI is InChI=1S/C23H23NO/c1-16-6-5-9-20-19(12-13-24)22-14-18(10-11-21(22)23(16)20)25-15-17-7-3-2-4-8-17/h2-11,14,19H,12-13,15,24H2,1H3. The van der Waals surface area contributed by atoms with E-state index < -0.39 is 0 Å². The number of aryl methyl sites for hydroxylation is 1. The Kier molecular flexibility index (Phi) is 4.29. The number of benzene rings is 3. The van der Waals surface area contributed by atoms with Gasteiger partial charge in [-0.15, -0.1) is 0 Å². The van der Waals surface area contributed by atoms with E-state index in [1.54, 1.807) is 0 Å². The fraction of sp³-hybridized carbons (Fsp3) is 0.217. The summed E-state index contributed by atoms with van der Waals surface area (Å²) in [6.07, 6.45) is 0.964. The third-order valence-electron chi connectivity index (χ3n) is 5.05. The first-order valence-corrected chi connectivity index (χ1v) is 8.88. The van der Waals surface area contributed by atoms with Crippen molar-refractivity contribution in [3.05, 3.63) is 89.0 Å². The Morgan fingerprint density at radius 2 is 1.76 bits per heavy atom. The van der Waals surface area contributed by atoms with Crippen LogP contribution in [0.5, 0.6) is 5.75 Å². The van der Waals surface area contributed by atoms with Crippen LogP contribution < -0.4 is 10.5 Å². The third-order valence-corrected chi connectivity index (χ3v) is 5.05. The van der Waals surface area contributed by atoms with Crippen LogP contribution in [0.25, 0.3) is 11.1 Å². The predicted octanol–water partition coefficient (Wildman–Crippen LogP) is 5.04.